The maximum Gasteiger partial charge on any atom is 0.230 e. The summed E-state index contributed by atoms with van der Waals surface area (Å²) in [6.07, 6.45) is 0.245. The third-order valence-corrected chi connectivity index (χ3v) is 5.75. The van der Waals surface area contributed by atoms with Crippen LogP contribution in [0.4, 0.5) is 11.4 Å². The number of morpholine rings is 1. The van der Waals surface area contributed by atoms with Crippen molar-refractivity contribution in [2.75, 3.05) is 43.1 Å². The maximum atomic E-state index is 12.5. The third-order valence-electron chi connectivity index (χ3n) is 4.81. The highest BCUT2D eigenvalue weighted by atomic mass is 32.1. The second-order valence-corrected chi connectivity index (χ2v) is 7.83. The van der Waals surface area contributed by atoms with Crippen LogP contribution in [0.2, 0.25) is 0 Å². The van der Waals surface area contributed by atoms with Gasteiger partial charge in [0.1, 0.15) is 10.8 Å². The van der Waals surface area contributed by atoms with Crippen molar-refractivity contribution in [1.29, 1.82) is 0 Å². The Labute approximate surface area is 180 Å². The van der Waals surface area contributed by atoms with Crippen LogP contribution in [0.1, 0.15) is 12.6 Å². The minimum atomic E-state index is -0.0716. The van der Waals surface area contributed by atoms with Gasteiger partial charge in [-0.3, -0.25) is 4.79 Å². The molecular weight excluding hydrogens is 398 g/mol. The first-order valence-corrected chi connectivity index (χ1v) is 11.0. The summed E-state index contributed by atoms with van der Waals surface area (Å²) in [5.41, 5.74) is 3.69. The molecule has 1 N–H and O–H groups in total. The number of nitrogens with zero attached hydrogens (tertiary/aromatic N) is 2. The molecule has 0 bridgehead atoms. The van der Waals surface area contributed by atoms with Gasteiger partial charge >= 0.3 is 0 Å². The Balaban J connectivity index is 1.36. The van der Waals surface area contributed by atoms with E-state index in [-0.39, 0.29) is 12.3 Å². The van der Waals surface area contributed by atoms with Crippen molar-refractivity contribution >= 4 is 28.6 Å². The summed E-state index contributed by atoms with van der Waals surface area (Å²) in [4.78, 5) is 19.4. The van der Waals surface area contributed by atoms with Gasteiger partial charge in [0, 0.05) is 35.4 Å². The third kappa shape index (κ3) is 5.17. The van der Waals surface area contributed by atoms with Crippen molar-refractivity contribution < 1.29 is 14.3 Å². The smallest absolute Gasteiger partial charge is 0.230 e. The zero-order valence-electron chi connectivity index (χ0n) is 17.0. The Morgan fingerprint density at radius 1 is 1.20 bits per heavy atom. The first kappa shape index (κ1) is 20.4. The van der Waals surface area contributed by atoms with Crippen LogP contribution in [-0.2, 0) is 16.0 Å². The molecule has 2 heterocycles. The van der Waals surface area contributed by atoms with Gasteiger partial charge in [-0.2, -0.15) is 0 Å². The SMILES string of the molecule is CCOc1ccc(-c2nc(CC(=O)Nc3cccc(N4CCOCC4)c3)cs2)cc1. The fraction of sp³-hybridized carbons (Fsp3) is 0.304. The summed E-state index contributed by atoms with van der Waals surface area (Å²) in [7, 11) is 0. The minimum Gasteiger partial charge on any atom is -0.494 e. The van der Waals surface area contributed by atoms with Crippen LogP contribution in [0.15, 0.2) is 53.9 Å². The number of carbonyl (C=O) groups is 1. The normalized spacial score (nSPS) is 13.8. The first-order chi connectivity index (χ1) is 14.7. The van der Waals surface area contributed by atoms with E-state index in [0.717, 1.165) is 59.7 Å². The molecule has 30 heavy (non-hydrogen) atoms. The van der Waals surface area contributed by atoms with E-state index in [1.807, 2.05) is 54.8 Å². The van der Waals surface area contributed by atoms with E-state index in [1.165, 1.54) is 0 Å². The number of ether oxygens (including phenoxy) is 2. The highest BCUT2D eigenvalue weighted by Gasteiger charge is 2.13. The molecule has 1 amide bonds. The summed E-state index contributed by atoms with van der Waals surface area (Å²) in [5, 5.41) is 5.83. The molecule has 1 fully saturated rings. The monoisotopic (exact) mass is 423 g/mol. The summed E-state index contributed by atoms with van der Waals surface area (Å²) in [5.74, 6) is 0.773. The lowest BCUT2D eigenvalue weighted by Gasteiger charge is -2.29. The molecule has 7 heteroatoms. The number of amides is 1. The molecule has 0 aliphatic carbocycles. The largest absolute Gasteiger partial charge is 0.494 e. The Morgan fingerprint density at radius 2 is 2.00 bits per heavy atom. The van der Waals surface area contributed by atoms with Crippen LogP contribution >= 0.6 is 11.3 Å². The number of rotatable bonds is 7. The van der Waals surface area contributed by atoms with Crippen molar-refractivity contribution in [3.05, 3.63) is 59.6 Å². The van der Waals surface area contributed by atoms with Gasteiger partial charge < -0.3 is 19.7 Å². The van der Waals surface area contributed by atoms with Gasteiger partial charge in [-0.1, -0.05) is 6.07 Å². The van der Waals surface area contributed by atoms with Gasteiger partial charge in [-0.25, -0.2) is 4.98 Å². The fourth-order valence-corrected chi connectivity index (χ4v) is 4.18. The minimum absolute atomic E-state index is 0.0716. The van der Waals surface area contributed by atoms with Crippen molar-refractivity contribution in [2.45, 2.75) is 13.3 Å². The molecule has 1 saturated heterocycles. The van der Waals surface area contributed by atoms with Gasteiger partial charge in [-0.15, -0.1) is 11.3 Å². The summed E-state index contributed by atoms with van der Waals surface area (Å²) < 4.78 is 10.9. The summed E-state index contributed by atoms with van der Waals surface area (Å²) >= 11 is 1.54. The number of anilines is 2. The molecule has 3 aromatic rings. The lowest BCUT2D eigenvalue weighted by molar-refractivity contribution is -0.115. The van der Waals surface area contributed by atoms with Crippen LogP contribution in [0.25, 0.3) is 10.6 Å². The van der Waals surface area contributed by atoms with E-state index in [9.17, 15) is 4.79 Å². The maximum absolute atomic E-state index is 12.5. The molecule has 1 aliphatic rings. The van der Waals surface area contributed by atoms with Crippen LogP contribution in [0.5, 0.6) is 5.75 Å². The number of hydrogen-bond acceptors (Lipinski definition) is 6. The lowest BCUT2D eigenvalue weighted by Crippen LogP contribution is -2.36. The second-order valence-electron chi connectivity index (χ2n) is 6.98. The topological polar surface area (TPSA) is 63.7 Å². The van der Waals surface area contributed by atoms with Crippen LogP contribution in [-0.4, -0.2) is 43.8 Å². The van der Waals surface area contributed by atoms with E-state index in [1.54, 1.807) is 11.3 Å². The molecule has 2 aromatic carbocycles. The Hall–Kier alpha value is -2.90. The van der Waals surface area contributed by atoms with E-state index < -0.39 is 0 Å². The Bertz CT molecular complexity index is 981. The number of nitrogens with one attached hydrogen (secondary N) is 1. The molecule has 6 nitrogen and oxygen atoms in total. The molecule has 1 aromatic heterocycles. The summed E-state index contributed by atoms with van der Waals surface area (Å²) in [6, 6.07) is 15.8. The zero-order valence-corrected chi connectivity index (χ0v) is 17.8. The van der Waals surface area contributed by atoms with E-state index in [2.05, 4.69) is 21.3 Å². The number of benzene rings is 2. The lowest BCUT2D eigenvalue weighted by atomic mass is 10.2. The zero-order chi connectivity index (χ0) is 20.8. The molecule has 156 valence electrons. The van der Waals surface area contributed by atoms with Crippen LogP contribution < -0.4 is 15.0 Å². The van der Waals surface area contributed by atoms with Gasteiger partial charge in [0.25, 0.3) is 0 Å². The molecule has 4 rings (SSSR count). The van der Waals surface area contributed by atoms with Gasteiger partial charge in [0.05, 0.1) is 31.9 Å². The highest BCUT2D eigenvalue weighted by molar-refractivity contribution is 7.13. The molecule has 0 spiro atoms. The number of aromatic nitrogens is 1. The summed E-state index contributed by atoms with van der Waals surface area (Å²) in [6.45, 7) is 5.81. The van der Waals surface area contributed by atoms with Crippen LogP contribution in [0.3, 0.4) is 0 Å². The van der Waals surface area contributed by atoms with Crippen molar-refractivity contribution in [3.8, 4) is 16.3 Å². The Morgan fingerprint density at radius 3 is 2.77 bits per heavy atom. The molecule has 0 saturated carbocycles. The average Bonchev–Trinajstić information content (AvgIpc) is 3.23. The molecule has 0 unspecified atom stereocenters. The van der Waals surface area contributed by atoms with E-state index in [0.29, 0.717) is 6.61 Å². The highest BCUT2D eigenvalue weighted by Crippen LogP contribution is 2.26. The second kappa shape index (κ2) is 9.73. The molecular formula is C23H25N3O3S. The quantitative estimate of drug-likeness (QED) is 0.616. The Kier molecular flexibility index (Phi) is 6.61. The van der Waals surface area contributed by atoms with Gasteiger partial charge in [-0.05, 0) is 49.4 Å². The molecule has 1 aliphatic heterocycles. The first-order valence-electron chi connectivity index (χ1n) is 10.1. The molecule has 0 atom stereocenters. The fourth-order valence-electron chi connectivity index (χ4n) is 3.35. The number of thiazole rings is 1. The standard InChI is InChI=1S/C23H25N3O3S/c1-2-29-21-8-6-17(7-9-21)23-25-19(16-30-23)15-22(27)24-18-4-3-5-20(14-18)26-10-12-28-13-11-26/h3-9,14,16H,2,10-13,15H2,1H3,(H,24,27). The van der Waals surface area contributed by atoms with E-state index >= 15 is 0 Å². The predicted molar refractivity (Wildman–Crippen MR) is 121 cm³/mol. The van der Waals surface area contributed by atoms with Crippen molar-refractivity contribution in [2.24, 2.45) is 0 Å². The van der Waals surface area contributed by atoms with Gasteiger partial charge in [0.2, 0.25) is 5.91 Å². The van der Waals surface area contributed by atoms with Crippen molar-refractivity contribution in [3.63, 3.8) is 0 Å². The average molecular weight is 424 g/mol. The predicted octanol–water partition coefficient (Wildman–Crippen LogP) is 4.23. The number of hydrogen-bond donors (Lipinski definition) is 1. The van der Waals surface area contributed by atoms with Gasteiger partial charge in [0.15, 0.2) is 0 Å². The van der Waals surface area contributed by atoms with Crippen molar-refractivity contribution in [1.82, 2.24) is 4.98 Å². The molecule has 0 radical (unpaired) electrons. The van der Waals surface area contributed by atoms with Crippen LogP contribution in [0, 0.1) is 0 Å². The van der Waals surface area contributed by atoms with E-state index in [4.69, 9.17) is 9.47 Å². The number of carbonyl (C=O) groups excluding carboxylic acids is 1.